The molecule has 0 saturated heterocycles. The number of nitrogens with zero attached hydrogens (tertiary/aromatic N) is 2. The zero-order valence-electron chi connectivity index (χ0n) is 16.1. The molecule has 3 rings (SSSR count). The fraction of sp³-hybridized carbons (Fsp3) is 0.143. The molecule has 9 heteroatoms. The van der Waals surface area contributed by atoms with E-state index in [0.717, 1.165) is 5.56 Å². The Morgan fingerprint density at radius 1 is 1.23 bits per heavy atom. The van der Waals surface area contributed by atoms with Crippen molar-refractivity contribution in [2.24, 2.45) is 0 Å². The van der Waals surface area contributed by atoms with Gasteiger partial charge in [0.15, 0.2) is 16.7 Å². The summed E-state index contributed by atoms with van der Waals surface area (Å²) >= 11 is 1.26. The molecule has 30 heavy (non-hydrogen) atoms. The molecule has 3 aromatic rings. The third-order valence-corrected chi connectivity index (χ3v) is 4.82. The van der Waals surface area contributed by atoms with E-state index in [2.05, 4.69) is 9.97 Å². The van der Waals surface area contributed by atoms with Gasteiger partial charge in [0.2, 0.25) is 0 Å². The van der Waals surface area contributed by atoms with Crippen molar-refractivity contribution in [1.82, 2.24) is 9.97 Å². The van der Waals surface area contributed by atoms with Gasteiger partial charge in [0, 0.05) is 5.56 Å². The quantitative estimate of drug-likeness (QED) is 0.438. The number of hydrogen-bond acceptors (Lipinski definition) is 7. The standard InChI is InChI=1S/C21H17N3O5S/c1-28-17-9-14(18-15(10-22)19(25)24-21(23-18)30-2)7-8-16(17)29-11-12-3-5-13(6-4-12)20(26)27/h3-9H,11H2,1-2H3,(H,26,27)(H,23,24,25). The first-order valence-corrected chi connectivity index (χ1v) is 9.91. The molecule has 0 spiro atoms. The number of aromatic nitrogens is 2. The Morgan fingerprint density at radius 2 is 1.97 bits per heavy atom. The van der Waals surface area contributed by atoms with Crippen molar-refractivity contribution in [1.29, 1.82) is 5.26 Å². The minimum absolute atomic E-state index is 0.0814. The average molecular weight is 423 g/mol. The molecule has 1 aromatic heterocycles. The second kappa shape index (κ2) is 9.15. The van der Waals surface area contributed by atoms with Gasteiger partial charge < -0.3 is 19.6 Å². The molecule has 152 valence electrons. The Balaban J connectivity index is 1.89. The van der Waals surface area contributed by atoms with Crippen molar-refractivity contribution < 1.29 is 19.4 Å². The summed E-state index contributed by atoms with van der Waals surface area (Å²) in [7, 11) is 1.48. The lowest BCUT2D eigenvalue weighted by Gasteiger charge is -2.13. The van der Waals surface area contributed by atoms with Crippen molar-refractivity contribution in [3.05, 3.63) is 69.5 Å². The molecule has 0 bridgehead atoms. The van der Waals surface area contributed by atoms with Crippen LogP contribution in [0.1, 0.15) is 21.5 Å². The van der Waals surface area contributed by atoms with Crippen LogP contribution in [0, 0.1) is 11.3 Å². The number of methoxy groups -OCH3 is 1. The number of nitriles is 1. The summed E-state index contributed by atoms with van der Waals surface area (Å²) < 4.78 is 11.2. The lowest BCUT2D eigenvalue weighted by Crippen LogP contribution is -2.14. The van der Waals surface area contributed by atoms with Gasteiger partial charge in [-0.15, -0.1) is 0 Å². The summed E-state index contributed by atoms with van der Waals surface area (Å²) in [5, 5.41) is 18.7. The number of hydrogen-bond donors (Lipinski definition) is 2. The maximum absolute atomic E-state index is 12.1. The second-order valence-electron chi connectivity index (χ2n) is 6.07. The van der Waals surface area contributed by atoms with Crippen molar-refractivity contribution in [3.8, 4) is 28.8 Å². The van der Waals surface area contributed by atoms with Gasteiger partial charge in [-0.1, -0.05) is 23.9 Å². The molecule has 0 atom stereocenters. The van der Waals surface area contributed by atoms with Crippen LogP contribution in [0.15, 0.2) is 52.4 Å². The van der Waals surface area contributed by atoms with Crippen LogP contribution >= 0.6 is 11.8 Å². The van der Waals surface area contributed by atoms with Crippen LogP contribution in [0.5, 0.6) is 11.5 Å². The normalized spacial score (nSPS) is 10.3. The predicted octanol–water partition coefficient (Wildman–Crippen LogP) is 3.32. The number of H-pyrrole nitrogens is 1. The van der Waals surface area contributed by atoms with E-state index in [9.17, 15) is 14.9 Å². The third-order valence-electron chi connectivity index (χ3n) is 4.24. The summed E-state index contributed by atoms with van der Waals surface area (Å²) in [4.78, 5) is 30.0. The number of ether oxygens (including phenoxy) is 2. The van der Waals surface area contributed by atoms with Crippen LogP contribution in [0.3, 0.4) is 0 Å². The van der Waals surface area contributed by atoms with E-state index in [1.54, 1.807) is 36.6 Å². The Kier molecular flexibility index (Phi) is 6.39. The highest BCUT2D eigenvalue weighted by Gasteiger charge is 2.16. The average Bonchev–Trinajstić information content (AvgIpc) is 2.77. The highest BCUT2D eigenvalue weighted by molar-refractivity contribution is 7.98. The molecule has 2 aromatic carbocycles. The van der Waals surface area contributed by atoms with Gasteiger partial charge in [-0.25, -0.2) is 9.78 Å². The smallest absolute Gasteiger partial charge is 0.335 e. The van der Waals surface area contributed by atoms with Crippen LogP contribution < -0.4 is 15.0 Å². The van der Waals surface area contributed by atoms with Gasteiger partial charge in [0.1, 0.15) is 18.2 Å². The molecule has 0 saturated carbocycles. The molecule has 0 aliphatic carbocycles. The number of aromatic amines is 1. The first-order chi connectivity index (χ1) is 14.5. The van der Waals surface area contributed by atoms with Crippen LogP contribution in [0.4, 0.5) is 0 Å². The van der Waals surface area contributed by atoms with Crippen molar-refractivity contribution in [2.45, 2.75) is 11.8 Å². The Hall–Kier alpha value is -3.77. The lowest BCUT2D eigenvalue weighted by molar-refractivity contribution is 0.0697. The molecule has 0 fully saturated rings. The highest BCUT2D eigenvalue weighted by atomic mass is 32.2. The molecule has 1 heterocycles. The van der Waals surface area contributed by atoms with Crippen LogP contribution in [-0.4, -0.2) is 34.4 Å². The number of carbonyl (C=O) groups is 1. The summed E-state index contributed by atoms with van der Waals surface area (Å²) in [5.74, 6) is -0.127. The van der Waals surface area contributed by atoms with Gasteiger partial charge in [0.25, 0.3) is 5.56 Å². The Labute approximate surface area is 176 Å². The fourth-order valence-electron chi connectivity index (χ4n) is 2.70. The summed E-state index contributed by atoms with van der Waals surface area (Å²) in [6.45, 7) is 0.207. The summed E-state index contributed by atoms with van der Waals surface area (Å²) in [6, 6.07) is 13.3. The molecule has 0 aliphatic heterocycles. The molecule has 0 unspecified atom stereocenters. The molecule has 0 amide bonds. The Morgan fingerprint density at radius 3 is 2.57 bits per heavy atom. The maximum Gasteiger partial charge on any atom is 0.335 e. The number of nitrogens with one attached hydrogen (secondary N) is 1. The Bertz CT molecular complexity index is 1180. The van der Waals surface area contributed by atoms with Gasteiger partial charge in [-0.3, -0.25) is 4.79 Å². The van der Waals surface area contributed by atoms with Gasteiger partial charge in [-0.2, -0.15) is 5.26 Å². The van der Waals surface area contributed by atoms with E-state index in [1.807, 2.05) is 6.07 Å². The number of benzene rings is 2. The van der Waals surface area contributed by atoms with E-state index in [4.69, 9.17) is 14.6 Å². The summed E-state index contributed by atoms with van der Waals surface area (Å²) in [6.07, 6.45) is 1.77. The summed E-state index contributed by atoms with van der Waals surface area (Å²) in [5.41, 5.74) is 1.21. The van der Waals surface area contributed by atoms with E-state index >= 15 is 0 Å². The monoisotopic (exact) mass is 423 g/mol. The minimum Gasteiger partial charge on any atom is -0.493 e. The van der Waals surface area contributed by atoms with Crippen LogP contribution in [0.2, 0.25) is 0 Å². The van der Waals surface area contributed by atoms with E-state index < -0.39 is 11.5 Å². The molecule has 0 radical (unpaired) electrons. The highest BCUT2D eigenvalue weighted by Crippen LogP contribution is 2.33. The minimum atomic E-state index is -0.991. The molecule has 0 aliphatic rings. The van der Waals surface area contributed by atoms with Crippen molar-refractivity contribution in [3.63, 3.8) is 0 Å². The SMILES string of the molecule is COc1cc(-c2nc(SC)[nH]c(=O)c2C#N)ccc1OCc1ccc(C(=O)O)cc1. The first-order valence-electron chi connectivity index (χ1n) is 8.68. The molecular weight excluding hydrogens is 406 g/mol. The third kappa shape index (κ3) is 4.45. The number of aromatic carboxylic acids is 1. The number of carboxylic acid groups (broad SMARTS) is 1. The number of thioether (sulfide) groups is 1. The van der Waals surface area contributed by atoms with E-state index in [1.165, 1.54) is 31.0 Å². The second-order valence-corrected chi connectivity index (χ2v) is 6.86. The zero-order chi connectivity index (χ0) is 21.7. The molecule has 2 N–H and O–H groups in total. The van der Waals surface area contributed by atoms with Gasteiger partial charge >= 0.3 is 5.97 Å². The van der Waals surface area contributed by atoms with E-state index in [0.29, 0.717) is 22.2 Å². The van der Waals surface area contributed by atoms with Crippen LogP contribution in [0.25, 0.3) is 11.3 Å². The zero-order valence-corrected chi connectivity index (χ0v) is 16.9. The van der Waals surface area contributed by atoms with E-state index in [-0.39, 0.29) is 23.4 Å². The lowest BCUT2D eigenvalue weighted by atomic mass is 10.1. The topological polar surface area (TPSA) is 125 Å². The molecule has 8 nitrogen and oxygen atoms in total. The van der Waals surface area contributed by atoms with Crippen LogP contribution in [-0.2, 0) is 6.61 Å². The fourth-order valence-corrected chi connectivity index (χ4v) is 3.08. The molecular formula is C21H17N3O5S. The maximum atomic E-state index is 12.1. The van der Waals surface area contributed by atoms with Crippen molar-refractivity contribution >= 4 is 17.7 Å². The predicted molar refractivity (Wildman–Crippen MR) is 111 cm³/mol. The first kappa shape index (κ1) is 21.0. The van der Waals surface area contributed by atoms with Gasteiger partial charge in [-0.05, 0) is 42.2 Å². The van der Waals surface area contributed by atoms with Crippen molar-refractivity contribution in [2.75, 3.05) is 13.4 Å². The van der Waals surface area contributed by atoms with Gasteiger partial charge in [0.05, 0.1) is 18.4 Å². The number of rotatable bonds is 7. The largest absolute Gasteiger partial charge is 0.493 e. The number of carboxylic acids is 1.